The lowest BCUT2D eigenvalue weighted by molar-refractivity contribution is 0.116. The molecule has 1 rings (SSSR count). The Hall–Kier alpha value is -2.43. The molecule has 1 N–H and O–H groups in total. The molecule has 2 atom stereocenters. The second-order valence-corrected chi connectivity index (χ2v) is 14.7. The van der Waals surface area contributed by atoms with Gasteiger partial charge in [-0.1, -0.05) is 174 Å². The van der Waals surface area contributed by atoms with E-state index in [-0.39, 0.29) is 11.5 Å². The van der Waals surface area contributed by atoms with Crippen LogP contribution in [0, 0.1) is 5.41 Å². The third-order valence-corrected chi connectivity index (χ3v) is 8.92. The topological polar surface area (TPSA) is 20.2 Å². The molecule has 44 heavy (non-hydrogen) atoms. The highest BCUT2D eigenvalue weighted by atomic mass is 127. The molecular formula is C42H59IO. The zero-order chi connectivity index (χ0) is 33.1. The molecule has 0 fully saturated rings. The molecule has 0 saturated carbocycles. The monoisotopic (exact) mass is 706 g/mol. The van der Waals surface area contributed by atoms with Gasteiger partial charge in [0, 0.05) is 3.92 Å². The largest absolute Gasteiger partial charge is 0.393 e. The van der Waals surface area contributed by atoms with Crippen LogP contribution in [0.25, 0.3) is 0 Å². The minimum absolute atomic E-state index is 0.00959. The maximum Gasteiger partial charge on any atom is 0.0585 e. The fourth-order valence-electron chi connectivity index (χ4n) is 5.05. The van der Waals surface area contributed by atoms with E-state index in [2.05, 4.69) is 189 Å². The molecule has 1 aliphatic carbocycles. The van der Waals surface area contributed by atoms with Crippen LogP contribution in [0.5, 0.6) is 0 Å². The van der Waals surface area contributed by atoms with Crippen molar-refractivity contribution >= 4 is 22.6 Å². The van der Waals surface area contributed by atoms with Gasteiger partial charge in [-0.15, -0.1) is 0 Å². The van der Waals surface area contributed by atoms with E-state index in [9.17, 15) is 5.11 Å². The van der Waals surface area contributed by atoms with Crippen LogP contribution in [0.4, 0.5) is 0 Å². The fourth-order valence-corrected chi connectivity index (χ4v) is 5.31. The lowest BCUT2D eigenvalue weighted by atomic mass is 9.71. The van der Waals surface area contributed by atoms with Gasteiger partial charge in [-0.2, -0.15) is 0 Å². The molecule has 0 heterocycles. The number of allylic oxidation sites excluding steroid dienone is 23. The Labute approximate surface area is 284 Å². The number of alkyl halides is 1. The summed E-state index contributed by atoms with van der Waals surface area (Å²) in [5.74, 6) is 0. The molecule has 0 aromatic heterocycles. The van der Waals surface area contributed by atoms with E-state index >= 15 is 0 Å². The summed E-state index contributed by atoms with van der Waals surface area (Å²) in [5, 5.41) is 10.1. The summed E-state index contributed by atoms with van der Waals surface area (Å²) in [5.41, 5.74) is 10.5. The van der Waals surface area contributed by atoms with Gasteiger partial charge in [0.25, 0.3) is 0 Å². The Balaban J connectivity index is 2.66. The Morgan fingerprint density at radius 2 is 1.39 bits per heavy atom. The van der Waals surface area contributed by atoms with E-state index in [1.807, 2.05) is 0 Å². The summed E-state index contributed by atoms with van der Waals surface area (Å²) in [7, 11) is 0. The molecular weight excluding hydrogens is 647 g/mol. The van der Waals surface area contributed by atoms with Crippen LogP contribution in [0.1, 0.15) is 101 Å². The molecule has 0 aliphatic heterocycles. The van der Waals surface area contributed by atoms with Crippen LogP contribution in [-0.4, -0.2) is 15.1 Å². The maximum absolute atomic E-state index is 10.1. The normalized spacial score (nSPS) is 21.0. The third kappa shape index (κ3) is 17.2. The number of rotatable bonds is 15. The summed E-state index contributed by atoms with van der Waals surface area (Å²) in [6, 6.07) is 0. The van der Waals surface area contributed by atoms with Gasteiger partial charge in [0.2, 0.25) is 0 Å². The SMILES string of the molecule is CCC(/C=C/C=C(C)/C=C/C=C(\C)CC/C=C(/C)C(C)I)=C\C=C\C=C(C)\C=C\C=C(C)\C=C\C1=C(C)CC(O)CC1(C)C. The first kappa shape index (κ1) is 39.6. The predicted molar refractivity (Wildman–Crippen MR) is 207 cm³/mol. The lowest BCUT2D eigenvalue weighted by Crippen LogP contribution is -2.28. The molecule has 2 unspecified atom stereocenters. The maximum atomic E-state index is 10.1. The minimum atomic E-state index is -0.223. The van der Waals surface area contributed by atoms with Crippen molar-refractivity contribution in [2.24, 2.45) is 5.41 Å². The second-order valence-electron chi connectivity index (χ2n) is 12.9. The minimum Gasteiger partial charge on any atom is -0.393 e. The molecule has 0 aromatic carbocycles. The van der Waals surface area contributed by atoms with Crippen LogP contribution < -0.4 is 0 Å². The number of halogens is 1. The third-order valence-electron chi connectivity index (χ3n) is 7.94. The van der Waals surface area contributed by atoms with Gasteiger partial charge in [0.1, 0.15) is 0 Å². The van der Waals surface area contributed by atoms with Crippen LogP contribution in [0.3, 0.4) is 0 Å². The quantitative estimate of drug-likeness (QED) is 0.0778. The lowest BCUT2D eigenvalue weighted by Gasteiger charge is -2.35. The molecule has 240 valence electrons. The summed E-state index contributed by atoms with van der Waals surface area (Å²) in [6.07, 6.45) is 39.4. The van der Waals surface area contributed by atoms with E-state index in [0.717, 1.165) is 32.1 Å². The summed E-state index contributed by atoms with van der Waals surface area (Å²) < 4.78 is 0.608. The molecule has 0 bridgehead atoms. The van der Waals surface area contributed by atoms with E-state index in [0.29, 0.717) is 3.92 Å². The predicted octanol–water partition coefficient (Wildman–Crippen LogP) is 12.9. The average molecular weight is 707 g/mol. The van der Waals surface area contributed by atoms with Crippen molar-refractivity contribution in [1.82, 2.24) is 0 Å². The van der Waals surface area contributed by atoms with Crippen molar-refractivity contribution < 1.29 is 5.11 Å². The molecule has 1 aliphatic rings. The van der Waals surface area contributed by atoms with E-state index in [1.54, 1.807) is 0 Å². The Bertz CT molecular complexity index is 1290. The number of aliphatic hydroxyl groups excluding tert-OH is 1. The van der Waals surface area contributed by atoms with Crippen LogP contribution >= 0.6 is 22.6 Å². The second kappa shape index (κ2) is 21.3. The van der Waals surface area contributed by atoms with Gasteiger partial charge in [-0.05, 0) is 97.1 Å². The first-order valence-electron chi connectivity index (χ1n) is 16.2. The smallest absolute Gasteiger partial charge is 0.0585 e. The van der Waals surface area contributed by atoms with Crippen molar-refractivity contribution in [1.29, 1.82) is 0 Å². The fraction of sp³-hybridized carbons (Fsp3) is 0.429. The molecule has 0 amide bonds. The Morgan fingerprint density at radius 3 is 1.98 bits per heavy atom. The standard InChI is InChI=1S/C42H59IO/c1-11-39(27-17-24-34(4)21-14-20-33(3)23-16-25-36(6)38(8)43)26-13-12-18-32(2)19-15-22-35(5)28-29-41-37(7)30-40(44)31-42(41,9)10/h12-15,17-22,24-29,38,40,44H,11,16,23,30-31H2,1-10H3/b13-12+,19-15+,21-14+,27-17+,29-28+,32-18+,33-20+,34-24+,35-22+,36-25-,39-26+. The van der Waals surface area contributed by atoms with E-state index < -0.39 is 0 Å². The first-order valence-corrected chi connectivity index (χ1v) is 17.4. The van der Waals surface area contributed by atoms with Gasteiger partial charge in [0.05, 0.1) is 6.10 Å². The zero-order valence-corrected chi connectivity index (χ0v) is 31.4. The van der Waals surface area contributed by atoms with Crippen molar-refractivity contribution in [3.8, 4) is 0 Å². The highest BCUT2D eigenvalue weighted by Gasteiger charge is 2.31. The van der Waals surface area contributed by atoms with Crippen molar-refractivity contribution in [2.75, 3.05) is 0 Å². The van der Waals surface area contributed by atoms with Crippen molar-refractivity contribution in [3.63, 3.8) is 0 Å². The number of aliphatic hydroxyl groups is 1. The molecule has 0 saturated heterocycles. The molecule has 0 aromatic rings. The average Bonchev–Trinajstić information content (AvgIpc) is 2.93. The molecule has 1 nitrogen and oxygen atoms in total. The number of hydrogen-bond acceptors (Lipinski definition) is 1. The highest BCUT2D eigenvalue weighted by molar-refractivity contribution is 14.1. The molecule has 0 radical (unpaired) electrons. The Morgan fingerprint density at radius 1 is 0.841 bits per heavy atom. The van der Waals surface area contributed by atoms with Crippen molar-refractivity contribution in [3.05, 3.63) is 142 Å². The van der Waals surface area contributed by atoms with Gasteiger partial charge in [0.15, 0.2) is 0 Å². The number of hydrogen-bond donors (Lipinski definition) is 1. The van der Waals surface area contributed by atoms with E-state index in [1.165, 1.54) is 44.6 Å². The van der Waals surface area contributed by atoms with E-state index in [4.69, 9.17) is 0 Å². The van der Waals surface area contributed by atoms with Gasteiger partial charge in [-0.25, -0.2) is 0 Å². The van der Waals surface area contributed by atoms with Crippen LogP contribution in [0.15, 0.2) is 142 Å². The summed E-state index contributed by atoms with van der Waals surface area (Å²) in [6.45, 7) is 21.8. The summed E-state index contributed by atoms with van der Waals surface area (Å²) in [4.78, 5) is 0. The highest BCUT2D eigenvalue weighted by Crippen LogP contribution is 2.41. The van der Waals surface area contributed by atoms with Crippen LogP contribution in [-0.2, 0) is 0 Å². The molecule has 2 heteroatoms. The Kier molecular flexibility index (Phi) is 19.2. The van der Waals surface area contributed by atoms with Gasteiger partial charge < -0.3 is 5.11 Å². The van der Waals surface area contributed by atoms with Gasteiger partial charge in [-0.3, -0.25) is 0 Å². The zero-order valence-electron chi connectivity index (χ0n) is 29.3. The van der Waals surface area contributed by atoms with Gasteiger partial charge >= 0.3 is 0 Å². The first-order chi connectivity index (χ1) is 20.7. The molecule has 0 spiro atoms. The summed E-state index contributed by atoms with van der Waals surface area (Å²) >= 11 is 2.47. The van der Waals surface area contributed by atoms with Crippen molar-refractivity contribution in [2.45, 2.75) is 111 Å². The van der Waals surface area contributed by atoms with Crippen LogP contribution in [0.2, 0.25) is 0 Å².